The van der Waals surface area contributed by atoms with Crippen molar-refractivity contribution in [3.05, 3.63) is 42.2 Å². The van der Waals surface area contributed by atoms with Gasteiger partial charge in [0.05, 0.1) is 0 Å². The zero-order valence-corrected chi connectivity index (χ0v) is 16.0. The molecule has 0 saturated carbocycles. The molecule has 0 aliphatic heterocycles. The van der Waals surface area contributed by atoms with Crippen LogP contribution >= 0.6 is 11.8 Å². The average Bonchev–Trinajstić information content (AvgIpc) is 3.08. The summed E-state index contributed by atoms with van der Waals surface area (Å²) in [5.41, 5.74) is 0.808. The maximum Gasteiger partial charge on any atom is 0.321 e. The number of hydrogen-bond donors (Lipinski definition) is 2. The standard InChI is InChI=1S/C18H25N5O2S/c1-3-5-9-12-23-13-20-22-18(23)26-15(14-10-7-6-8-11-14)16(24)21-17(25)19-4-2/h6-8,10-11,13,15H,3-5,9,12H2,1-2H3,(H2,19,21,24,25)/t15-/m1/s1. The van der Waals surface area contributed by atoms with Gasteiger partial charge in [-0.05, 0) is 18.9 Å². The number of urea groups is 1. The molecule has 1 aromatic heterocycles. The Bertz CT molecular complexity index is 705. The lowest BCUT2D eigenvalue weighted by atomic mass is 10.1. The fourth-order valence-corrected chi connectivity index (χ4v) is 3.45. The molecule has 0 radical (unpaired) electrons. The van der Waals surface area contributed by atoms with Crippen LogP contribution in [-0.2, 0) is 11.3 Å². The Labute approximate surface area is 158 Å². The number of hydrogen-bond acceptors (Lipinski definition) is 5. The highest BCUT2D eigenvalue weighted by atomic mass is 32.2. The minimum absolute atomic E-state index is 0.379. The van der Waals surface area contributed by atoms with Gasteiger partial charge in [0.1, 0.15) is 11.6 Å². The molecule has 0 bridgehead atoms. The van der Waals surface area contributed by atoms with Gasteiger partial charge < -0.3 is 9.88 Å². The Kier molecular flexibility index (Phi) is 8.14. The predicted molar refractivity (Wildman–Crippen MR) is 102 cm³/mol. The number of imide groups is 1. The van der Waals surface area contributed by atoms with Crippen molar-refractivity contribution in [2.24, 2.45) is 0 Å². The van der Waals surface area contributed by atoms with E-state index in [1.54, 1.807) is 13.3 Å². The number of aromatic nitrogens is 3. The van der Waals surface area contributed by atoms with Crippen molar-refractivity contribution in [2.75, 3.05) is 6.54 Å². The van der Waals surface area contributed by atoms with Crippen LogP contribution in [0.2, 0.25) is 0 Å². The lowest BCUT2D eigenvalue weighted by molar-refractivity contribution is -0.119. The van der Waals surface area contributed by atoms with Crippen LogP contribution in [0.15, 0.2) is 41.8 Å². The molecule has 0 unspecified atom stereocenters. The molecule has 2 N–H and O–H groups in total. The molecule has 2 rings (SSSR count). The molecule has 0 aliphatic rings. The molecular formula is C18H25N5O2S. The minimum Gasteiger partial charge on any atom is -0.338 e. The summed E-state index contributed by atoms with van der Waals surface area (Å²) in [6, 6.07) is 8.87. The summed E-state index contributed by atoms with van der Waals surface area (Å²) in [5, 5.41) is 13.2. The molecule has 7 nitrogen and oxygen atoms in total. The zero-order chi connectivity index (χ0) is 18.8. The lowest BCUT2D eigenvalue weighted by Gasteiger charge is -2.16. The Morgan fingerprint density at radius 3 is 2.65 bits per heavy atom. The van der Waals surface area contributed by atoms with Crippen molar-refractivity contribution in [1.82, 2.24) is 25.4 Å². The molecule has 26 heavy (non-hydrogen) atoms. The van der Waals surface area contributed by atoms with E-state index in [2.05, 4.69) is 27.8 Å². The molecule has 0 spiro atoms. The van der Waals surface area contributed by atoms with Crippen LogP contribution < -0.4 is 10.6 Å². The van der Waals surface area contributed by atoms with Crippen molar-refractivity contribution in [3.63, 3.8) is 0 Å². The largest absolute Gasteiger partial charge is 0.338 e. The first kappa shape index (κ1) is 20.0. The summed E-state index contributed by atoms with van der Waals surface area (Å²) in [6.45, 7) is 5.21. The number of carbonyl (C=O) groups excluding carboxylic acids is 2. The summed E-state index contributed by atoms with van der Waals surface area (Å²) < 4.78 is 1.95. The topological polar surface area (TPSA) is 88.9 Å². The zero-order valence-electron chi connectivity index (χ0n) is 15.1. The minimum atomic E-state index is -0.590. The second-order valence-electron chi connectivity index (χ2n) is 5.77. The van der Waals surface area contributed by atoms with Crippen molar-refractivity contribution >= 4 is 23.7 Å². The fraction of sp³-hybridized carbons (Fsp3) is 0.444. The van der Waals surface area contributed by atoms with Crippen LogP contribution in [0, 0.1) is 0 Å². The third-order valence-corrected chi connectivity index (χ3v) is 4.97. The van der Waals surface area contributed by atoms with E-state index in [1.807, 2.05) is 34.9 Å². The molecular weight excluding hydrogens is 350 g/mol. The summed E-state index contributed by atoms with van der Waals surface area (Å²) in [4.78, 5) is 24.4. The first-order valence-corrected chi connectivity index (χ1v) is 9.71. The third kappa shape index (κ3) is 5.87. The van der Waals surface area contributed by atoms with Gasteiger partial charge >= 0.3 is 6.03 Å². The number of nitrogens with one attached hydrogen (secondary N) is 2. The van der Waals surface area contributed by atoms with Gasteiger partial charge in [0, 0.05) is 13.1 Å². The third-order valence-electron chi connectivity index (χ3n) is 3.72. The number of amides is 3. The highest BCUT2D eigenvalue weighted by Gasteiger charge is 2.25. The van der Waals surface area contributed by atoms with E-state index in [4.69, 9.17) is 0 Å². The molecule has 0 saturated heterocycles. The fourth-order valence-electron chi connectivity index (χ4n) is 2.41. The van der Waals surface area contributed by atoms with Gasteiger partial charge in [-0.15, -0.1) is 10.2 Å². The van der Waals surface area contributed by atoms with Crippen molar-refractivity contribution in [2.45, 2.75) is 50.1 Å². The molecule has 0 fully saturated rings. The normalized spacial score (nSPS) is 11.8. The molecule has 2 aromatic rings. The van der Waals surface area contributed by atoms with Crippen LogP contribution in [0.25, 0.3) is 0 Å². The monoisotopic (exact) mass is 375 g/mol. The smallest absolute Gasteiger partial charge is 0.321 e. The highest BCUT2D eigenvalue weighted by Crippen LogP contribution is 2.34. The van der Waals surface area contributed by atoms with E-state index in [1.165, 1.54) is 11.8 Å². The van der Waals surface area contributed by atoms with Crippen LogP contribution in [0.1, 0.15) is 43.9 Å². The van der Waals surface area contributed by atoms with Crippen LogP contribution in [-0.4, -0.2) is 33.2 Å². The summed E-state index contributed by atoms with van der Waals surface area (Å²) >= 11 is 1.30. The van der Waals surface area contributed by atoms with Crippen molar-refractivity contribution in [1.29, 1.82) is 0 Å². The molecule has 140 valence electrons. The Morgan fingerprint density at radius 1 is 1.19 bits per heavy atom. The van der Waals surface area contributed by atoms with Gasteiger partial charge in [-0.3, -0.25) is 10.1 Å². The van der Waals surface area contributed by atoms with Gasteiger partial charge in [0.25, 0.3) is 0 Å². The van der Waals surface area contributed by atoms with E-state index in [0.29, 0.717) is 11.7 Å². The van der Waals surface area contributed by atoms with Gasteiger partial charge in [0.15, 0.2) is 5.16 Å². The van der Waals surface area contributed by atoms with Gasteiger partial charge in [-0.2, -0.15) is 0 Å². The maximum atomic E-state index is 12.7. The van der Waals surface area contributed by atoms with Gasteiger partial charge in [0.2, 0.25) is 5.91 Å². The first-order valence-electron chi connectivity index (χ1n) is 8.83. The molecule has 1 atom stereocenters. The Hall–Kier alpha value is -2.35. The van der Waals surface area contributed by atoms with E-state index in [9.17, 15) is 9.59 Å². The molecule has 0 aliphatic carbocycles. The number of thioether (sulfide) groups is 1. The summed E-state index contributed by atoms with van der Waals surface area (Å²) in [6.07, 6.45) is 4.97. The van der Waals surface area contributed by atoms with Gasteiger partial charge in [-0.25, -0.2) is 4.79 Å². The van der Waals surface area contributed by atoms with Crippen molar-refractivity contribution in [3.8, 4) is 0 Å². The predicted octanol–water partition coefficient (Wildman–Crippen LogP) is 3.15. The molecule has 3 amide bonds. The second kappa shape index (κ2) is 10.6. The average molecular weight is 375 g/mol. The number of aryl methyl sites for hydroxylation is 1. The van der Waals surface area contributed by atoms with E-state index < -0.39 is 11.3 Å². The summed E-state index contributed by atoms with van der Waals surface area (Å²) in [7, 11) is 0. The lowest BCUT2D eigenvalue weighted by Crippen LogP contribution is -2.41. The van der Waals surface area contributed by atoms with Crippen LogP contribution in [0.3, 0.4) is 0 Å². The van der Waals surface area contributed by atoms with Crippen LogP contribution in [0.5, 0.6) is 0 Å². The number of nitrogens with zero attached hydrogens (tertiary/aromatic N) is 3. The Morgan fingerprint density at radius 2 is 1.96 bits per heavy atom. The number of rotatable bonds is 9. The number of benzene rings is 1. The Balaban J connectivity index is 2.16. The molecule has 8 heteroatoms. The maximum absolute atomic E-state index is 12.7. The molecule has 1 heterocycles. The number of unbranched alkanes of at least 4 members (excludes halogenated alkanes) is 2. The van der Waals surface area contributed by atoms with Crippen molar-refractivity contribution < 1.29 is 9.59 Å². The summed E-state index contributed by atoms with van der Waals surface area (Å²) in [5.74, 6) is -0.379. The number of carbonyl (C=O) groups is 2. The quantitative estimate of drug-likeness (QED) is 0.519. The highest BCUT2D eigenvalue weighted by molar-refractivity contribution is 8.00. The van der Waals surface area contributed by atoms with E-state index in [-0.39, 0.29) is 5.91 Å². The molecule has 1 aromatic carbocycles. The SMILES string of the molecule is CCCCCn1cnnc1S[C@@H](C(=O)NC(=O)NCC)c1ccccc1. The van der Waals surface area contributed by atoms with E-state index in [0.717, 1.165) is 31.4 Å². The second-order valence-corrected chi connectivity index (χ2v) is 6.84. The van der Waals surface area contributed by atoms with Gasteiger partial charge in [-0.1, -0.05) is 61.9 Å². The van der Waals surface area contributed by atoms with Crippen LogP contribution in [0.4, 0.5) is 4.79 Å². The first-order chi connectivity index (χ1) is 12.7. The van der Waals surface area contributed by atoms with E-state index >= 15 is 0 Å².